The number of benzene rings is 1. The van der Waals surface area contributed by atoms with Crippen molar-refractivity contribution < 1.29 is 15.0 Å². The first-order chi connectivity index (χ1) is 8.93. The summed E-state index contributed by atoms with van der Waals surface area (Å²) >= 11 is 3.21. The maximum absolute atomic E-state index is 12.0. The molecule has 1 aromatic carbocycles. The number of rotatable bonds is 1. The van der Waals surface area contributed by atoms with Crippen LogP contribution in [-0.2, 0) is 4.79 Å². The van der Waals surface area contributed by atoms with Crippen molar-refractivity contribution in [2.24, 2.45) is 4.99 Å². The Balaban J connectivity index is 2.43. The molecule has 1 fully saturated rings. The Bertz CT molecular complexity index is 613. The molecule has 1 aliphatic rings. The minimum Gasteiger partial charge on any atom is -0.507 e. The number of aliphatic imine (C=N–C) groups is 1. The van der Waals surface area contributed by atoms with Gasteiger partial charge in [-0.1, -0.05) is 0 Å². The SMILES string of the molecule is CN=C1S/C(=C\c2cc(I)c(O)cc2O)C(=O)N1C. The summed E-state index contributed by atoms with van der Waals surface area (Å²) in [5.41, 5.74) is 0.490. The van der Waals surface area contributed by atoms with E-state index < -0.39 is 0 Å². The number of halogens is 1. The number of carbonyl (C=O) groups is 1. The van der Waals surface area contributed by atoms with Crippen LogP contribution in [-0.4, -0.2) is 40.3 Å². The highest BCUT2D eigenvalue weighted by atomic mass is 127. The quantitative estimate of drug-likeness (QED) is 0.570. The van der Waals surface area contributed by atoms with Crippen molar-refractivity contribution in [3.63, 3.8) is 0 Å². The smallest absolute Gasteiger partial charge is 0.266 e. The number of amides is 1. The van der Waals surface area contributed by atoms with Crippen LogP contribution in [0.3, 0.4) is 0 Å². The molecule has 1 heterocycles. The fourth-order valence-electron chi connectivity index (χ4n) is 1.57. The van der Waals surface area contributed by atoms with Gasteiger partial charge in [0, 0.05) is 25.7 Å². The standard InChI is InChI=1S/C12H11IN2O3S/c1-14-12-15(2)11(18)10(19-12)4-6-3-7(13)9(17)5-8(6)16/h3-5,16-17H,1-2H3/b10-4-,14-12?. The molecule has 1 aromatic rings. The van der Waals surface area contributed by atoms with E-state index in [0.29, 0.717) is 19.2 Å². The van der Waals surface area contributed by atoms with Gasteiger partial charge in [-0.25, -0.2) is 0 Å². The number of phenols is 2. The molecule has 1 aliphatic heterocycles. The van der Waals surface area contributed by atoms with E-state index in [1.807, 2.05) is 22.6 Å². The van der Waals surface area contributed by atoms with Gasteiger partial charge in [0.25, 0.3) is 5.91 Å². The van der Waals surface area contributed by atoms with Gasteiger partial charge in [0.05, 0.1) is 8.48 Å². The van der Waals surface area contributed by atoms with Crippen LogP contribution < -0.4 is 0 Å². The van der Waals surface area contributed by atoms with E-state index in [4.69, 9.17) is 0 Å². The number of amidine groups is 1. The van der Waals surface area contributed by atoms with Crippen LogP contribution >= 0.6 is 34.4 Å². The molecule has 0 aromatic heterocycles. The molecule has 2 N–H and O–H groups in total. The third-order valence-corrected chi connectivity index (χ3v) is 4.59. The summed E-state index contributed by atoms with van der Waals surface area (Å²) in [7, 11) is 3.27. The predicted molar refractivity (Wildman–Crippen MR) is 84.2 cm³/mol. The van der Waals surface area contributed by atoms with Gasteiger partial charge < -0.3 is 10.2 Å². The van der Waals surface area contributed by atoms with Crippen molar-refractivity contribution in [3.8, 4) is 11.5 Å². The molecule has 2 rings (SSSR count). The van der Waals surface area contributed by atoms with Crippen LogP contribution in [0, 0.1) is 3.57 Å². The average molecular weight is 390 g/mol. The number of likely N-dealkylation sites (N-methyl/N-ethyl adjacent to an activating group) is 1. The van der Waals surface area contributed by atoms with Crippen LogP contribution in [0.15, 0.2) is 22.0 Å². The van der Waals surface area contributed by atoms with Gasteiger partial charge in [0.2, 0.25) is 0 Å². The van der Waals surface area contributed by atoms with Gasteiger partial charge in [-0.15, -0.1) is 0 Å². The van der Waals surface area contributed by atoms with Crippen molar-refractivity contribution in [2.45, 2.75) is 0 Å². The lowest BCUT2D eigenvalue weighted by molar-refractivity contribution is -0.121. The molecular formula is C12H11IN2O3S. The third kappa shape index (κ3) is 2.71. The zero-order valence-electron chi connectivity index (χ0n) is 10.2. The van der Waals surface area contributed by atoms with E-state index in [0.717, 1.165) is 0 Å². The second-order valence-electron chi connectivity index (χ2n) is 3.84. The van der Waals surface area contributed by atoms with Gasteiger partial charge in [-0.2, -0.15) is 0 Å². The molecule has 5 nitrogen and oxygen atoms in total. The molecule has 0 radical (unpaired) electrons. The molecular weight excluding hydrogens is 379 g/mol. The Labute approximate surface area is 128 Å². The average Bonchev–Trinajstić information content (AvgIpc) is 2.63. The largest absolute Gasteiger partial charge is 0.507 e. The van der Waals surface area contributed by atoms with Crippen molar-refractivity contribution in [2.75, 3.05) is 14.1 Å². The van der Waals surface area contributed by atoms with E-state index in [-0.39, 0.29) is 17.4 Å². The minimum atomic E-state index is -0.159. The number of phenolic OH excluding ortho intramolecular Hbond substituents is 2. The Kier molecular flexibility index (Phi) is 4.04. The van der Waals surface area contributed by atoms with Crippen LogP contribution in [0.4, 0.5) is 0 Å². The molecule has 7 heteroatoms. The number of thioether (sulfide) groups is 1. The van der Waals surface area contributed by atoms with Crippen molar-refractivity contribution in [1.29, 1.82) is 0 Å². The normalized spacial score (nSPS) is 19.7. The fourth-order valence-corrected chi connectivity index (χ4v) is 2.98. The van der Waals surface area contributed by atoms with Crippen LogP contribution in [0.1, 0.15) is 5.56 Å². The number of carbonyl (C=O) groups excluding carboxylic acids is 1. The summed E-state index contributed by atoms with van der Waals surface area (Å²) in [5.74, 6) is -0.213. The van der Waals surface area contributed by atoms with Crippen molar-refractivity contribution in [3.05, 3.63) is 26.2 Å². The van der Waals surface area contributed by atoms with Crippen LogP contribution in [0.2, 0.25) is 0 Å². The molecule has 100 valence electrons. The molecule has 0 unspecified atom stereocenters. The zero-order chi connectivity index (χ0) is 14.2. The summed E-state index contributed by atoms with van der Waals surface area (Å²) in [5, 5.41) is 19.9. The lowest BCUT2D eigenvalue weighted by atomic mass is 10.1. The first-order valence-electron chi connectivity index (χ1n) is 5.30. The van der Waals surface area contributed by atoms with Crippen LogP contribution in [0.25, 0.3) is 6.08 Å². The van der Waals surface area contributed by atoms with Gasteiger partial charge in [0.1, 0.15) is 11.5 Å². The molecule has 0 spiro atoms. The Morgan fingerprint density at radius 2 is 2.05 bits per heavy atom. The van der Waals surface area contributed by atoms with E-state index >= 15 is 0 Å². The summed E-state index contributed by atoms with van der Waals surface area (Å²) in [6.07, 6.45) is 1.60. The third-order valence-electron chi connectivity index (χ3n) is 2.58. The molecule has 1 amide bonds. The van der Waals surface area contributed by atoms with E-state index in [1.165, 1.54) is 22.7 Å². The lowest BCUT2D eigenvalue weighted by Crippen LogP contribution is -2.23. The molecule has 0 bridgehead atoms. The number of nitrogens with zero attached hydrogens (tertiary/aromatic N) is 2. The molecule has 19 heavy (non-hydrogen) atoms. The van der Waals surface area contributed by atoms with Gasteiger partial charge >= 0.3 is 0 Å². The molecule has 0 saturated carbocycles. The fraction of sp³-hybridized carbons (Fsp3) is 0.167. The molecule has 0 aliphatic carbocycles. The Morgan fingerprint density at radius 3 is 2.63 bits per heavy atom. The highest BCUT2D eigenvalue weighted by Gasteiger charge is 2.29. The minimum absolute atomic E-state index is 0.0126. The second-order valence-corrected chi connectivity index (χ2v) is 6.01. The van der Waals surface area contributed by atoms with Gasteiger partial charge in [0.15, 0.2) is 5.17 Å². The second kappa shape index (κ2) is 5.41. The predicted octanol–water partition coefficient (Wildman–Crippen LogP) is 2.23. The highest BCUT2D eigenvalue weighted by Crippen LogP contribution is 2.35. The summed E-state index contributed by atoms with van der Waals surface area (Å²) in [6.45, 7) is 0. The number of hydrogen-bond acceptors (Lipinski definition) is 5. The Hall–Kier alpha value is -1.22. The molecule has 1 saturated heterocycles. The monoisotopic (exact) mass is 390 g/mol. The van der Waals surface area contributed by atoms with Crippen LogP contribution in [0.5, 0.6) is 11.5 Å². The number of hydrogen-bond donors (Lipinski definition) is 2. The summed E-state index contributed by atoms with van der Waals surface area (Å²) in [4.78, 5) is 17.9. The maximum atomic E-state index is 12.0. The van der Waals surface area contributed by atoms with Gasteiger partial charge in [-0.05, 0) is 46.5 Å². The lowest BCUT2D eigenvalue weighted by Gasteiger charge is -2.05. The van der Waals surface area contributed by atoms with Gasteiger partial charge in [-0.3, -0.25) is 14.7 Å². The Morgan fingerprint density at radius 1 is 1.37 bits per heavy atom. The summed E-state index contributed by atoms with van der Waals surface area (Å²) < 4.78 is 0.607. The number of aromatic hydroxyl groups is 2. The van der Waals surface area contributed by atoms with Crippen molar-refractivity contribution in [1.82, 2.24) is 4.90 Å². The van der Waals surface area contributed by atoms with E-state index in [2.05, 4.69) is 4.99 Å². The first-order valence-corrected chi connectivity index (χ1v) is 7.19. The topological polar surface area (TPSA) is 73.1 Å². The maximum Gasteiger partial charge on any atom is 0.266 e. The van der Waals surface area contributed by atoms with E-state index in [1.54, 1.807) is 26.2 Å². The highest BCUT2D eigenvalue weighted by molar-refractivity contribution is 14.1. The zero-order valence-corrected chi connectivity index (χ0v) is 13.2. The first kappa shape index (κ1) is 14.2. The van der Waals surface area contributed by atoms with Crippen molar-refractivity contribution >= 4 is 51.5 Å². The van der Waals surface area contributed by atoms with E-state index in [9.17, 15) is 15.0 Å². The summed E-state index contributed by atoms with van der Waals surface area (Å²) in [6, 6.07) is 2.88. The molecule has 0 atom stereocenters.